The van der Waals surface area contributed by atoms with Gasteiger partial charge in [0.05, 0.1) is 0 Å². The molecule has 0 radical (unpaired) electrons. The van der Waals surface area contributed by atoms with Crippen molar-refractivity contribution in [1.82, 2.24) is 0 Å². The Kier molecular flexibility index (Phi) is 5.75. The van der Waals surface area contributed by atoms with Crippen molar-refractivity contribution in [2.75, 3.05) is 0 Å². The van der Waals surface area contributed by atoms with Crippen LogP contribution < -0.4 is 10.6 Å². The van der Waals surface area contributed by atoms with Crippen molar-refractivity contribution in [3.05, 3.63) is 148 Å². The predicted octanol–water partition coefficient (Wildman–Crippen LogP) is 8.26. The van der Waals surface area contributed by atoms with Crippen LogP contribution in [0.2, 0.25) is 0 Å². The summed E-state index contributed by atoms with van der Waals surface area (Å²) in [5, 5.41) is 2.59. The predicted molar refractivity (Wildman–Crippen MR) is 155 cm³/mol. The molecule has 3 aromatic rings. The normalized spacial score (nSPS) is 21.6. The lowest BCUT2D eigenvalue weighted by Gasteiger charge is -2.38. The molecule has 0 N–H and O–H groups in total. The quantitative estimate of drug-likeness (QED) is 0.263. The van der Waals surface area contributed by atoms with E-state index >= 15 is 0 Å². The molecule has 0 saturated carbocycles. The third-order valence-corrected chi connectivity index (χ3v) is 10.8. The summed E-state index contributed by atoms with van der Waals surface area (Å²) in [6.07, 6.45) is 19.6. The average Bonchev–Trinajstić information content (AvgIpc) is 2.95. The van der Waals surface area contributed by atoms with E-state index in [0.717, 1.165) is 15.9 Å². The zero-order valence-corrected chi connectivity index (χ0v) is 21.5. The fourth-order valence-electron chi connectivity index (χ4n) is 5.94. The molecule has 3 aliphatic carbocycles. The van der Waals surface area contributed by atoms with Gasteiger partial charge in [-0.15, -0.1) is 0 Å². The zero-order valence-electron chi connectivity index (χ0n) is 20.6. The monoisotopic (exact) mass is 484 g/mol. The van der Waals surface area contributed by atoms with E-state index < -0.39 is 7.14 Å². The van der Waals surface area contributed by atoms with Gasteiger partial charge in [0.2, 0.25) is 0 Å². The second-order valence-electron chi connectivity index (χ2n) is 9.54. The van der Waals surface area contributed by atoms with Crippen LogP contribution in [-0.2, 0) is 4.57 Å². The van der Waals surface area contributed by atoms with Gasteiger partial charge in [-0.2, -0.15) is 0 Å². The molecule has 0 heterocycles. The first-order valence-corrected chi connectivity index (χ1v) is 14.3. The molecule has 3 aromatic carbocycles. The Morgan fingerprint density at radius 1 is 0.778 bits per heavy atom. The molecule has 2 heteroatoms. The first-order chi connectivity index (χ1) is 17.6. The number of hydrogen-bond acceptors (Lipinski definition) is 1. The molecule has 0 aliphatic heterocycles. The van der Waals surface area contributed by atoms with Crippen LogP contribution in [-0.4, -0.2) is 0 Å². The van der Waals surface area contributed by atoms with E-state index in [0.29, 0.717) is 11.8 Å². The summed E-state index contributed by atoms with van der Waals surface area (Å²) in [5.74, 6) is 0.648. The minimum Gasteiger partial charge on any atom is -0.309 e. The van der Waals surface area contributed by atoms with Crippen LogP contribution in [0.15, 0.2) is 126 Å². The fourth-order valence-corrected chi connectivity index (χ4v) is 8.72. The minimum atomic E-state index is -2.97. The maximum atomic E-state index is 14.7. The van der Waals surface area contributed by atoms with E-state index in [1.165, 1.54) is 33.4 Å². The first-order valence-electron chi connectivity index (χ1n) is 12.6. The van der Waals surface area contributed by atoms with Crippen LogP contribution in [0.3, 0.4) is 0 Å². The van der Waals surface area contributed by atoms with Crippen LogP contribution in [0.1, 0.15) is 42.0 Å². The van der Waals surface area contributed by atoms with Crippen molar-refractivity contribution in [2.45, 2.75) is 19.8 Å². The molecule has 0 aromatic heterocycles. The Morgan fingerprint density at radius 3 is 2.22 bits per heavy atom. The van der Waals surface area contributed by atoms with E-state index in [2.05, 4.69) is 78.9 Å². The van der Waals surface area contributed by atoms with Gasteiger partial charge in [0.15, 0.2) is 7.14 Å². The number of hydrogen-bond donors (Lipinski definition) is 0. The second-order valence-corrected chi connectivity index (χ2v) is 12.3. The van der Waals surface area contributed by atoms with Crippen molar-refractivity contribution in [2.24, 2.45) is 5.92 Å². The van der Waals surface area contributed by atoms with Crippen LogP contribution in [0.5, 0.6) is 0 Å². The number of allylic oxidation sites excluding steroid dienone is 10. The maximum Gasteiger partial charge on any atom is 0.170 e. The molecule has 0 saturated heterocycles. The van der Waals surface area contributed by atoms with Gasteiger partial charge in [0.25, 0.3) is 0 Å². The first kappa shape index (κ1) is 22.8. The Morgan fingerprint density at radius 2 is 1.50 bits per heavy atom. The topological polar surface area (TPSA) is 17.1 Å². The van der Waals surface area contributed by atoms with Crippen molar-refractivity contribution in [3.8, 4) is 0 Å². The van der Waals surface area contributed by atoms with Crippen LogP contribution in [0.4, 0.5) is 0 Å². The SMILES string of the molecule is C/C=C\C(=C/C)[P@@](=O)(c1ccccc1)c1ccc(C2=CC=C3C=Cc4cccc5c4C3C2C=C5)cc1. The minimum absolute atomic E-state index is 0.296. The zero-order chi connectivity index (χ0) is 24.7. The summed E-state index contributed by atoms with van der Waals surface area (Å²) >= 11 is 0. The summed E-state index contributed by atoms with van der Waals surface area (Å²) < 4.78 is 14.7. The van der Waals surface area contributed by atoms with Gasteiger partial charge in [0.1, 0.15) is 0 Å². The standard InChI is InChI=1S/C34H29OP/c1-3-9-28(4-2)36(35,29-12-6-5-7-13-29)30-20-16-24(17-21-30)31-22-18-27-15-14-25-10-8-11-26-19-23-32(31)34(27)33(25)26/h3-23,32,34H,1-2H3/b9-3-,28-4+/t32?,34?,36-/m1/s1. The highest BCUT2D eigenvalue weighted by molar-refractivity contribution is 7.82. The van der Waals surface area contributed by atoms with Crippen molar-refractivity contribution in [3.63, 3.8) is 0 Å². The molecule has 0 amide bonds. The van der Waals surface area contributed by atoms with Gasteiger partial charge in [-0.1, -0.05) is 127 Å². The Bertz CT molecular complexity index is 1560. The lowest BCUT2D eigenvalue weighted by molar-refractivity contribution is 0.591. The molecule has 6 rings (SSSR count). The van der Waals surface area contributed by atoms with Crippen LogP contribution >= 0.6 is 7.14 Å². The lowest BCUT2D eigenvalue weighted by atomic mass is 9.65. The Labute approximate surface area is 214 Å². The van der Waals surface area contributed by atoms with Gasteiger partial charge < -0.3 is 4.57 Å². The molecule has 0 spiro atoms. The van der Waals surface area contributed by atoms with Crippen molar-refractivity contribution >= 4 is 35.5 Å². The maximum absolute atomic E-state index is 14.7. The van der Waals surface area contributed by atoms with Gasteiger partial charge >= 0.3 is 0 Å². The van der Waals surface area contributed by atoms with Gasteiger partial charge in [0, 0.05) is 27.8 Å². The van der Waals surface area contributed by atoms with E-state index in [9.17, 15) is 4.57 Å². The molecule has 0 bridgehead atoms. The summed E-state index contributed by atoms with van der Waals surface area (Å²) in [6, 6.07) is 24.9. The molecular formula is C34H29OP. The highest BCUT2D eigenvalue weighted by Crippen LogP contribution is 2.54. The Hall–Kier alpha value is -3.67. The second kappa shape index (κ2) is 9.08. The molecule has 176 valence electrons. The van der Waals surface area contributed by atoms with E-state index in [-0.39, 0.29) is 0 Å². The van der Waals surface area contributed by atoms with Crippen LogP contribution in [0.25, 0.3) is 17.7 Å². The van der Waals surface area contributed by atoms with Crippen LogP contribution in [0, 0.1) is 5.92 Å². The fraction of sp³-hybridized carbons (Fsp3) is 0.118. The average molecular weight is 485 g/mol. The third-order valence-electron chi connectivity index (χ3n) is 7.64. The number of rotatable bonds is 5. The van der Waals surface area contributed by atoms with E-state index in [1.807, 2.05) is 62.4 Å². The smallest absolute Gasteiger partial charge is 0.170 e. The molecule has 2 unspecified atom stereocenters. The van der Waals surface area contributed by atoms with E-state index in [4.69, 9.17) is 0 Å². The summed E-state index contributed by atoms with van der Waals surface area (Å²) in [7, 11) is -2.97. The Balaban J connectivity index is 1.42. The molecule has 3 aliphatic rings. The molecule has 36 heavy (non-hydrogen) atoms. The van der Waals surface area contributed by atoms with E-state index in [1.54, 1.807) is 0 Å². The molecule has 3 atom stereocenters. The van der Waals surface area contributed by atoms with Gasteiger partial charge in [-0.3, -0.25) is 0 Å². The summed E-state index contributed by atoms with van der Waals surface area (Å²) in [6.45, 7) is 3.94. The largest absolute Gasteiger partial charge is 0.309 e. The van der Waals surface area contributed by atoms with Gasteiger partial charge in [-0.25, -0.2) is 0 Å². The third kappa shape index (κ3) is 3.50. The molecular weight excluding hydrogens is 455 g/mol. The number of benzene rings is 3. The lowest BCUT2D eigenvalue weighted by Crippen LogP contribution is -2.23. The summed E-state index contributed by atoms with van der Waals surface area (Å²) in [5.41, 5.74) is 7.98. The highest BCUT2D eigenvalue weighted by Gasteiger charge is 2.36. The highest BCUT2D eigenvalue weighted by atomic mass is 31.2. The molecule has 1 nitrogen and oxygen atoms in total. The van der Waals surface area contributed by atoms with Crippen molar-refractivity contribution < 1.29 is 4.57 Å². The van der Waals surface area contributed by atoms with Crippen molar-refractivity contribution in [1.29, 1.82) is 0 Å². The molecule has 0 fully saturated rings. The van der Waals surface area contributed by atoms with Gasteiger partial charge in [-0.05, 0) is 47.2 Å². The summed E-state index contributed by atoms with van der Waals surface area (Å²) in [4.78, 5) is 0.